The lowest BCUT2D eigenvalue weighted by atomic mass is 10.0. The van der Waals surface area contributed by atoms with Crippen LogP contribution in [0.2, 0.25) is 0 Å². The highest BCUT2D eigenvalue weighted by Gasteiger charge is 2.35. The second-order valence-corrected chi connectivity index (χ2v) is 10.0. The van der Waals surface area contributed by atoms with Gasteiger partial charge in [-0.1, -0.05) is 36.4 Å². The highest BCUT2D eigenvalue weighted by atomic mass is 16.6. The molecule has 2 aromatic carbocycles. The summed E-state index contributed by atoms with van der Waals surface area (Å²) in [6, 6.07) is 15.8. The smallest absolute Gasteiger partial charge is 0.350 e. The number of rotatable bonds is 10. The summed E-state index contributed by atoms with van der Waals surface area (Å²) in [6.45, 7) is 16.0. The fraction of sp³-hybridized carbons (Fsp3) is 0.379. The highest BCUT2D eigenvalue weighted by molar-refractivity contribution is 5.79. The van der Waals surface area contributed by atoms with Crippen LogP contribution in [-0.2, 0) is 29.0 Å². The van der Waals surface area contributed by atoms with Gasteiger partial charge in [-0.15, -0.1) is 6.58 Å². The van der Waals surface area contributed by atoms with E-state index in [1.807, 2.05) is 76.2 Å². The molecule has 0 amide bonds. The molecule has 35 heavy (non-hydrogen) atoms. The van der Waals surface area contributed by atoms with E-state index in [4.69, 9.17) is 13.9 Å². The molecule has 6 nitrogen and oxygen atoms in total. The van der Waals surface area contributed by atoms with Crippen molar-refractivity contribution in [2.24, 2.45) is 0 Å². The van der Waals surface area contributed by atoms with Crippen molar-refractivity contribution < 1.29 is 18.7 Å². The summed E-state index contributed by atoms with van der Waals surface area (Å²) in [5, 5.41) is 3.44. The molecule has 0 saturated heterocycles. The minimum absolute atomic E-state index is 0.404. The molecule has 0 spiro atoms. The average Bonchev–Trinajstić information content (AvgIpc) is 3.15. The van der Waals surface area contributed by atoms with Gasteiger partial charge in [0.25, 0.3) is 0 Å². The summed E-state index contributed by atoms with van der Waals surface area (Å²) in [5.74, 6) is 1.67. The van der Waals surface area contributed by atoms with Crippen molar-refractivity contribution in [2.75, 3.05) is 0 Å². The molecule has 0 aliphatic rings. The monoisotopic (exact) mass is 476 g/mol. The zero-order valence-electron chi connectivity index (χ0n) is 21.6. The molecule has 0 atom stereocenters. The van der Waals surface area contributed by atoms with Gasteiger partial charge < -0.3 is 19.2 Å². The van der Waals surface area contributed by atoms with Crippen molar-refractivity contribution >= 4 is 5.97 Å². The highest BCUT2D eigenvalue weighted by Crippen LogP contribution is 2.27. The number of carbonyl (C=O) groups excluding carboxylic acids is 1. The fourth-order valence-corrected chi connectivity index (χ4v) is 3.50. The van der Waals surface area contributed by atoms with Gasteiger partial charge >= 0.3 is 5.97 Å². The van der Waals surface area contributed by atoms with Crippen LogP contribution in [0.25, 0.3) is 11.5 Å². The first kappa shape index (κ1) is 26.2. The van der Waals surface area contributed by atoms with Crippen molar-refractivity contribution in [3.63, 3.8) is 0 Å². The van der Waals surface area contributed by atoms with Crippen LogP contribution in [0.3, 0.4) is 0 Å². The van der Waals surface area contributed by atoms with Crippen molar-refractivity contribution in [3.8, 4) is 17.2 Å². The molecule has 0 bridgehead atoms. The summed E-state index contributed by atoms with van der Waals surface area (Å²) in [7, 11) is 0. The number of allylic oxidation sites excluding steroid dienone is 1. The van der Waals surface area contributed by atoms with Crippen LogP contribution in [0.4, 0.5) is 0 Å². The summed E-state index contributed by atoms with van der Waals surface area (Å²) < 4.78 is 17.5. The van der Waals surface area contributed by atoms with E-state index in [1.54, 1.807) is 13.8 Å². The zero-order valence-corrected chi connectivity index (χ0v) is 21.6. The lowest BCUT2D eigenvalue weighted by Crippen LogP contribution is -2.43. The molecule has 1 N–H and O–H groups in total. The third-order valence-corrected chi connectivity index (χ3v) is 5.28. The predicted octanol–water partition coefficient (Wildman–Crippen LogP) is 6.17. The molecule has 0 aliphatic carbocycles. The quantitative estimate of drug-likeness (QED) is 0.279. The van der Waals surface area contributed by atoms with Crippen molar-refractivity contribution in [2.45, 2.75) is 72.3 Å². The summed E-state index contributed by atoms with van der Waals surface area (Å²) in [5.41, 5.74) is 2.19. The number of oxazole rings is 1. The van der Waals surface area contributed by atoms with Crippen LogP contribution in [0.15, 0.2) is 65.6 Å². The van der Waals surface area contributed by atoms with Crippen LogP contribution in [0.1, 0.15) is 57.2 Å². The average molecular weight is 477 g/mol. The Morgan fingerprint density at radius 3 is 2.46 bits per heavy atom. The maximum atomic E-state index is 12.6. The normalized spacial score (nSPS) is 11.8. The van der Waals surface area contributed by atoms with Gasteiger partial charge in [-0.05, 0) is 77.3 Å². The molecule has 0 unspecified atom stereocenters. The van der Waals surface area contributed by atoms with Crippen LogP contribution in [-0.4, -0.2) is 22.2 Å². The Labute approximate surface area is 208 Å². The maximum absolute atomic E-state index is 12.6. The van der Waals surface area contributed by atoms with E-state index in [-0.39, 0.29) is 0 Å². The van der Waals surface area contributed by atoms with E-state index in [9.17, 15) is 4.79 Å². The van der Waals surface area contributed by atoms with E-state index in [0.29, 0.717) is 31.2 Å². The molecule has 0 aliphatic heterocycles. The topological polar surface area (TPSA) is 73.6 Å². The van der Waals surface area contributed by atoms with Gasteiger partial charge in [-0.2, -0.15) is 0 Å². The summed E-state index contributed by atoms with van der Waals surface area (Å²) in [6.07, 6.45) is 2.44. The Kier molecular flexibility index (Phi) is 8.18. The van der Waals surface area contributed by atoms with Gasteiger partial charge in [-0.3, -0.25) is 0 Å². The minimum Gasteiger partial charge on any atom is -0.476 e. The predicted molar refractivity (Wildman–Crippen MR) is 138 cm³/mol. The molecule has 186 valence electrons. The van der Waals surface area contributed by atoms with Gasteiger partial charge in [-0.25, -0.2) is 9.78 Å². The SMILES string of the molecule is C=CCc1cc(CNCc2nc(-c3ccccc3)oc2C)ccc1OC(C)(C)C(=O)OC(C)(C)C. The number of nitrogens with one attached hydrogen (secondary N) is 1. The first-order chi connectivity index (χ1) is 16.5. The number of nitrogens with zero attached hydrogens (tertiary/aromatic N) is 1. The Bertz CT molecular complexity index is 1160. The Morgan fingerprint density at radius 2 is 1.80 bits per heavy atom. The summed E-state index contributed by atoms with van der Waals surface area (Å²) >= 11 is 0. The van der Waals surface area contributed by atoms with Crippen LogP contribution in [0.5, 0.6) is 5.75 Å². The lowest BCUT2D eigenvalue weighted by molar-refractivity contribution is -0.170. The van der Waals surface area contributed by atoms with Gasteiger partial charge in [0.15, 0.2) is 5.60 Å². The number of hydrogen-bond acceptors (Lipinski definition) is 6. The van der Waals surface area contributed by atoms with Gasteiger partial charge in [0.05, 0.1) is 5.69 Å². The zero-order chi connectivity index (χ0) is 25.6. The Balaban J connectivity index is 1.66. The molecule has 3 rings (SSSR count). The molecule has 6 heteroatoms. The molecule has 0 radical (unpaired) electrons. The van der Waals surface area contributed by atoms with Crippen molar-refractivity contribution in [1.82, 2.24) is 10.3 Å². The van der Waals surface area contributed by atoms with Crippen molar-refractivity contribution in [1.29, 1.82) is 0 Å². The number of aryl methyl sites for hydroxylation is 1. The molecule has 0 saturated carbocycles. The molecule has 0 fully saturated rings. The first-order valence-electron chi connectivity index (χ1n) is 11.9. The molecule has 1 heterocycles. The third-order valence-electron chi connectivity index (χ3n) is 5.28. The number of benzene rings is 2. The number of carbonyl (C=O) groups is 1. The Hall–Kier alpha value is -3.38. The lowest BCUT2D eigenvalue weighted by Gasteiger charge is -2.30. The van der Waals surface area contributed by atoms with E-state index in [0.717, 1.165) is 28.1 Å². The standard InChI is InChI=1S/C29H36N2O4/c1-8-12-23-17-21(15-16-25(23)34-29(6,7)27(32)35-28(3,4)5)18-30-19-24-20(2)33-26(31-24)22-13-10-9-11-14-22/h8-11,13-17,30H,1,12,18-19H2,2-7H3. The number of ether oxygens (including phenoxy) is 2. The molecular weight excluding hydrogens is 440 g/mol. The third kappa shape index (κ3) is 7.30. The number of esters is 1. The second-order valence-electron chi connectivity index (χ2n) is 10.0. The summed E-state index contributed by atoms with van der Waals surface area (Å²) in [4.78, 5) is 17.3. The first-order valence-corrected chi connectivity index (χ1v) is 11.9. The Morgan fingerprint density at radius 1 is 1.09 bits per heavy atom. The van der Waals surface area contributed by atoms with E-state index >= 15 is 0 Å². The molecule has 3 aromatic rings. The number of aromatic nitrogens is 1. The number of hydrogen-bond donors (Lipinski definition) is 1. The van der Waals surface area contributed by atoms with Crippen LogP contribution in [0, 0.1) is 6.92 Å². The van der Waals surface area contributed by atoms with Crippen LogP contribution < -0.4 is 10.1 Å². The largest absolute Gasteiger partial charge is 0.476 e. The fourth-order valence-electron chi connectivity index (χ4n) is 3.50. The van der Waals surface area contributed by atoms with E-state index in [2.05, 4.69) is 22.9 Å². The van der Waals surface area contributed by atoms with Crippen LogP contribution >= 0.6 is 0 Å². The van der Waals surface area contributed by atoms with Gasteiger partial charge in [0.1, 0.15) is 17.1 Å². The molecule has 1 aromatic heterocycles. The van der Waals surface area contributed by atoms with Gasteiger partial charge in [0.2, 0.25) is 5.89 Å². The molecular formula is C29H36N2O4. The second kappa shape index (κ2) is 10.9. The van der Waals surface area contributed by atoms with E-state index in [1.165, 1.54) is 0 Å². The maximum Gasteiger partial charge on any atom is 0.350 e. The minimum atomic E-state index is -1.12. The van der Waals surface area contributed by atoms with Crippen molar-refractivity contribution in [3.05, 3.63) is 83.8 Å². The van der Waals surface area contributed by atoms with Gasteiger partial charge in [0, 0.05) is 18.7 Å². The van der Waals surface area contributed by atoms with E-state index < -0.39 is 17.2 Å².